The minimum Gasteiger partial charge on any atom is -0.398 e. The SMILES string of the molecule is Cn1nc(Cl)c2nc(B3OC(C)(C)C(C)(C)O3)ccc21. The van der Waals surface area contributed by atoms with Gasteiger partial charge in [0.15, 0.2) is 5.15 Å². The van der Waals surface area contributed by atoms with E-state index in [-0.39, 0.29) is 11.2 Å². The second-order valence-electron chi connectivity index (χ2n) is 6.11. The highest BCUT2D eigenvalue weighted by molar-refractivity contribution is 6.61. The number of aromatic nitrogens is 3. The molecule has 106 valence electrons. The first kappa shape index (κ1) is 13.9. The molecule has 5 nitrogen and oxygen atoms in total. The van der Waals surface area contributed by atoms with E-state index in [1.165, 1.54) is 0 Å². The molecular formula is C13H17BClN3O2. The normalized spacial score (nSPS) is 20.8. The predicted octanol–water partition coefficient (Wildman–Crippen LogP) is 1.92. The highest BCUT2D eigenvalue weighted by Gasteiger charge is 2.52. The molecule has 0 aliphatic carbocycles. The van der Waals surface area contributed by atoms with Crippen LogP contribution in [0.5, 0.6) is 0 Å². The standard InChI is InChI=1S/C13H17BClN3O2/c1-12(2)13(3,4)20-14(19-12)9-7-6-8-10(16-9)11(15)17-18(8)5/h6-7H,1-5H3. The van der Waals surface area contributed by atoms with Gasteiger partial charge < -0.3 is 9.31 Å². The fourth-order valence-corrected chi connectivity index (χ4v) is 2.46. The Morgan fingerprint density at radius 1 is 1.15 bits per heavy atom. The molecule has 3 rings (SSSR count). The Morgan fingerprint density at radius 3 is 2.35 bits per heavy atom. The Labute approximate surface area is 123 Å². The fraction of sp³-hybridized carbons (Fsp3) is 0.538. The Hall–Kier alpha value is -1.11. The van der Waals surface area contributed by atoms with Crippen LogP contribution in [0, 0.1) is 0 Å². The molecule has 0 atom stereocenters. The largest absolute Gasteiger partial charge is 0.514 e. The molecule has 0 radical (unpaired) electrons. The molecule has 0 unspecified atom stereocenters. The molecule has 1 saturated heterocycles. The summed E-state index contributed by atoms with van der Waals surface area (Å²) in [5, 5.41) is 4.54. The summed E-state index contributed by atoms with van der Waals surface area (Å²) >= 11 is 6.09. The van der Waals surface area contributed by atoms with E-state index in [9.17, 15) is 0 Å². The van der Waals surface area contributed by atoms with E-state index in [0.717, 1.165) is 5.52 Å². The molecule has 1 aliphatic rings. The van der Waals surface area contributed by atoms with E-state index in [1.54, 1.807) is 4.68 Å². The number of pyridine rings is 1. The van der Waals surface area contributed by atoms with Crippen LogP contribution in [0.15, 0.2) is 12.1 Å². The molecule has 0 aromatic carbocycles. The summed E-state index contributed by atoms with van der Waals surface area (Å²) in [6, 6.07) is 3.82. The zero-order chi connectivity index (χ0) is 14.7. The lowest BCUT2D eigenvalue weighted by atomic mass is 9.84. The van der Waals surface area contributed by atoms with Crippen LogP contribution in [-0.2, 0) is 16.4 Å². The summed E-state index contributed by atoms with van der Waals surface area (Å²) in [5.74, 6) is 0. The maximum Gasteiger partial charge on any atom is 0.514 e. The number of hydrogen-bond donors (Lipinski definition) is 0. The van der Waals surface area contributed by atoms with Crippen LogP contribution in [-0.4, -0.2) is 33.1 Å². The van der Waals surface area contributed by atoms with Gasteiger partial charge in [0, 0.05) is 7.05 Å². The molecule has 0 amide bonds. The lowest BCUT2D eigenvalue weighted by Gasteiger charge is -2.32. The molecule has 2 aromatic rings. The Balaban J connectivity index is 2.02. The van der Waals surface area contributed by atoms with Crippen molar-refractivity contribution in [3.63, 3.8) is 0 Å². The third kappa shape index (κ3) is 1.94. The van der Waals surface area contributed by atoms with Crippen molar-refractivity contribution in [1.82, 2.24) is 14.8 Å². The van der Waals surface area contributed by atoms with Gasteiger partial charge in [0.1, 0.15) is 5.52 Å². The number of fused-ring (bicyclic) bond motifs is 1. The Bertz CT molecular complexity index is 668. The quantitative estimate of drug-likeness (QED) is 0.754. The van der Waals surface area contributed by atoms with Crippen LogP contribution in [0.2, 0.25) is 5.15 Å². The van der Waals surface area contributed by atoms with Crippen LogP contribution < -0.4 is 5.59 Å². The van der Waals surface area contributed by atoms with E-state index in [4.69, 9.17) is 20.9 Å². The maximum atomic E-state index is 6.09. The van der Waals surface area contributed by atoms with Crippen molar-refractivity contribution in [2.24, 2.45) is 7.05 Å². The summed E-state index contributed by atoms with van der Waals surface area (Å²) in [6.07, 6.45) is 0. The smallest absolute Gasteiger partial charge is 0.398 e. The average Bonchev–Trinajstić information content (AvgIpc) is 2.74. The van der Waals surface area contributed by atoms with Crippen molar-refractivity contribution in [3.05, 3.63) is 17.3 Å². The summed E-state index contributed by atoms with van der Waals surface area (Å²) in [7, 11) is 1.35. The van der Waals surface area contributed by atoms with E-state index in [1.807, 2.05) is 46.9 Å². The van der Waals surface area contributed by atoms with Crippen LogP contribution in [0.3, 0.4) is 0 Å². The highest BCUT2D eigenvalue weighted by Crippen LogP contribution is 2.36. The van der Waals surface area contributed by atoms with Crippen molar-refractivity contribution < 1.29 is 9.31 Å². The molecule has 0 bridgehead atoms. The number of rotatable bonds is 1. The van der Waals surface area contributed by atoms with Gasteiger partial charge in [-0.1, -0.05) is 11.6 Å². The van der Waals surface area contributed by atoms with Gasteiger partial charge in [-0.25, -0.2) is 0 Å². The molecule has 7 heteroatoms. The molecule has 2 aromatic heterocycles. The summed E-state index contributed by atoms with van der Waals surface area (Å²) in [6.45, 7) is 8.07. The molecule has 1 aliphatic heterocycles. The lowest BCUT2D eigenvalue weighted by molar-refractivity contribution is 0.00578. The number of nitrogens with zero attached hydrogens (tertiary/aromatic N) is 3. The second kappa shape index (κ2) is 4.19. The monoisotopic (exact) mass is 293 g/mol. The molecule has 1 fully saturated rings. The van der Waals surface area contributed by atoms with E-state index in [0.29, 0.717) is 16.3 Å². The fourth-order valence-electron chi connectivity index (χ4n) is 2.21. The predicted molar refractivity (Wildman–Crippen MR) is 79.2 cm³/mol. The van der Waals surface area contributed by atoms with Crippen LogP contribution in [0.1, 0.15) is 27.7 Å². The minimum atomic E-state index is -0.485. The van der Waals surface area contributed by atoms with Gasteiger partial charge in [-0.05, 0) is 39.8 Å². The number of hydrogen-bond acceptors (Lipinski definition) is 4. The van der Waals surface area contributed by atoms with Crippen molar-refractivity contribution in [1.29, 1.82) is 0 Å². The van der Waals surface area contributed by atoms with Gasteiger partial charge in [-0.2, -0.15) is 5.10 Å². The van der Waals surface area contributed by atoms with E-state index in [2.05, 4.69) is 10.1 Å². The van der Waals surface area contributed by atoms with Gasteiger partial charge in [-0.3, -0.25) is 9.67 Å². The van der Waals surface area contributed by atoms with Gasteiger partial charge in [0.05, 0.1) is 22.3 Å². The highest BCUT2D eigenvalue weighted by atomic mass is 35.5. The zero-order valence-corrected chi connectivity index (χ0v) is 13.0. The van der Waals surface area contributed by atoms with Crippen molar-refractivity contribution in [2.75, 3.05) is 0 Å². The van der Waals surface area contributed by atoms with Crippen molar-refractivity contribution >= 4 is 35.3 Å². The van der Waals surface area contributed by atoms with Crippen LogP contribution >= 0.6 is 11.6 Å². The molecule has 0 saturated carbocycles. The molecule has 20 heavy (non-hydrogen) atoms. The molecule has 3 heterocycles. The number of halogens is 1. The van der Waals surface area contributed by atoms with Gasteiger partial charge >= 0.3 is 7.12 Å². The van der Waals surface area contributed by atoms with Crippen LogP contribution in [0.25, 0.3) is 11.0 Å². The Morgan fingerprint density at radius 2 is 1.75 bits per heavy atom. The third-order valence-corrected chi connectivity index (χ3v) is 4.43. The van der Waals surface area contributed by atoms with Gasteiger partial charge in [0.25, 0.3) is 0 Å². The zero-order valence-electron chi connectivity index (χ0n) is 12.3. The molecule has 0 spiro atoms. The second-order valence-corrected chi connectivity index (χ2v) is 6.46. The van der Waals surface area contributed by atoms with Crippen LogP contribution in [0.4, 0.5) is 0 Å². The Kier molecular flexibility index (Phi) is 2.91. The lowest BCUT2D eigenvalue weighted by Crippen LogP contribution is -2.41. The van der Waals surface area contributed by atoms with E-state index < -0.39 is 7.12 Å². The first-order chi connectivity index (χ1) is 9.21. The molecule has 0 N–H and O–H groups in total. The van der Waals surface area contributed by atoms with Gasteiger partial charge in [0.2, 0.25) is 0 Å². The van der Waals surface area contributed by atoms with E-state index >= 15 is 0 Å². The summed E-state index contributed by atoms with van der Waals surface area (Å²) < 4.78 is 13.7. The first-order valence-electron chi connectivity index (χ1n) is 6.56. The topological polar surface area (TPSA) is 49.2 Å². The minimum absolute atomic E-state index is 0.382. The van der Waals surface area contributed by atoms with Gasteiger partial charge in [-0.15, -0.1) is 0 Å². The van der Waals surface area contributed by atoms with Crippen molar-refractivity contribution in [3.8, 4) is 0 Å². The maximum absolute atomic E-state index is 6.09. The van der Waals surface area contributed by atoms with Crippen molar-refractivity contribution in [2.45, 2.75) is 38.9 Å². The third-order valence-electron chi connectivity index (χ3n) is 4.17. The molecular weight excluding hydrogens is 276 g/mol. The average molecular weight is 294 g/mol. The summed E-state index contributed by atoms with van der Waals surface area (Å²) in [4.78, 5) is 4.54. The number of aryl methyl sites for hydroxylation is 1. The summed E-state index contributed by atoms with van der Waals surface area (Å²) in [5.41, 5.74) is 1.50. The first-order valence-corrected chi connectivity index (χ1v) is 6.94.